The van der Waals surface area contributed by atoms with Gasteiger partial charge in [-0.15, -0.1) is 0 Å². The Kier molecular flexibility index (Phi) is 5.94. The standard InChI is InChI=1S/C17H26N2O2/c1-12-9-13(2)11-14(10-12)19-15(20)7-6-8-18-16(21)17(3,4)5/h9-11H,6-8H2,1-5H3,(H,18,21)(H,19,20). The summed E-state index contributed by atoms with van der Waals surface area (Å²) in [6.45, 7) is 10.1. The van der Waals surface area contributed by atoms with Gasteiger partial charge in [-0.3, -0.25) is 9.59 Å². The third kappa shape index (κ3) is 6.43. The number of carbonyl (C=O) groups is 2. The topological polar surface area (TPSA) is 58.2 Å². The van der Waals surface area contributed by atoms with Crippen LogP contribution in [0.3, 0.4) is 0 Å². The second-order valence-electron chi connectivity index (χ2n) is 6.53. The molecule has 0 fully saturated rings. The number of nitrogens with one attached hydrogen (secondary N) is 2. The van der Waals surface area contributed by atoms with E-state index in [1.165, 1.54) is 0 Å². The molecule has 0 unspecified atom stereocenters. The molecule has 0 saturated carbocycles. The Morgan fingerprint density at radius 1 is 1.05 bits per heavy atom. The predicted octanol–water partition coefficient (Wildman–Crippen LogP) is 3.18. The van der Waals surface area contributed by atoms with Crippen LogP contribution >= 0.6 is 0 Å². The van der Waals surface area contributed by atoms with E-state index in [9.17, 15) is 9.59 Å². The second-order valence-corrected chi connectivity index (χ2v) is 6.53. The van der Waals surface area contributed by atoms with Gasteiger partial charge in [-0.2, -0.15) is 0 Å². The van der Waals surface area contributed by atoms with Crippen molar-refractivity contribution in [3.8, 4) is 0 Å². The van der Waals surface area contributed by atoms with Gasteiger partial charge in [0, 0.05) is 24.1 Å². The van der Waals surface area contributed by atoms with Crippen LogP contribution in [0.25, 0.3) is 0 Å². The summed E-state index contributed by atoms with van der Waals surface area (Å²) in [4.78, 5) is 23.5. The normalized spacial score (nSPS) is 11.1. The maximum absolute atomic E-state index is 11.9. The van der Waals surface area contributed by atoms with Crippen molar-refractivity contribution in [2.45, 2.75) is 47.5 Å². The van der Waals surface area contributed by atoms with Gasteiger partial charge < -0.3 is 10.6 Å². The summed E-state index contributed by atoms with van der Waals surface area (Å²) >= 11 is 0. The predicted molar refractivity (Wildman–Crippen MR) is 86.2 cm³/mol. The molecule has 0 bridgehead atoms. The SMILES string of the molecule is Cc1cc(C)cc(NC(=O)CCCNC(=O)C(C)(C)C)c1. The Morgan fingerprint density at radius 2 is 1.62 bits per heavy atom. The lowest BCUT2D eigenvalue weighted by atomic mass is 9.96. The molecule has 4 nitrogen and oxygen atoms in total. The fraction of sp³-hybridized carbons (Fsp3) is 0.529. The molecule has 116 valence electrons. The first kappa shape index (κ1) is 17.2. The summed E-state index contributed by atoms with van der Waals surface area (Å²) in [7, 11) is 0. The summed E-state index contributed by atoms with van der Waals surface area (Å²) in [6.07, 6.45) is 1.04. The van der Waals surface area contributed by atoms with Gasteiger partial charge in [0.15, 0.2) is 0 Å². The molecule has 2 N–H and O–H groups in total. The average Bonchev–Trinajstić information content (AvgIpc) is 2.31. The molecule has 0 atom stereocenters. The van der Waals surface area contributed by atoms with Crippen molar-refractivity contribution in [1.82, 2.24) is 5.32 Å². The van der Waals surface area contributed by atoms with Crippen LogP contribution in [0.1, 0.15) is 44.7 Å². The van der Waals surface area contributed by atoms with Gasteiger partial charge in [0.2, 0.25) is 11.8 Å². The molecule has 1 rings (SSSR count). The van der Waals surface area contributed by atoms with E-state index in [0.717, 1.165) is 16.8 Å². The monoisotopic (exact) mass is 290 g/mol. The lowest BCUT2D eigenvalue weighted by Crippen LogP contribution is -2.35. The molecule has 0 heterocycles. The first-order valence-corrected chi connectivity index (χ1v) is 7.35. The van der Waals surface area contributed by atoms with E-state index < -0.39 is 0 Å². The lowest BCUT2D eigenvalue weighted by molar-refractivity contribution is -0.128. The van der Waals surface area contributed by atoms with Crippen LogP contribution in [-0.2, 0) is 9.59 Å². The van der Waals surface area contributed by atoms with Gasteiger partial charge in [-0.05, 0) is 43.5 Å². The fourth-order valence-corrected chi connectivity index (χ4v) is 1.99. The summed E-state index contributed by atoms with van der Waals surface area (Å²) in [5.41, 5.74) is 2.70. The minimum atomic E-state index is -0.388. The second kappa shape index (κ2) is 7.25. The van der Waals surface area contributed by atoms with Crippen molar-refractivity contribution >= 4 is 17.5 Å². The highest BCUT2D eigenvalue weighted by Gasteiger charge is 2.20. The van der Waals surface area contributed by atoms with Crippen molar-refractivity contribution in [1.29, 1.82) is 0 Å². The van der Waals surface area contributed by atoms with E-state index in [-0.39, 0.29) is 17.2 Å². The molecule has 2 amide bonds. The van der Waals surface area contributed by atoms with Crippen LogP contribution in [-0.4, -0.2) is 18.4 Å². The van der Waals surface area contributed by atoms with Crippen LogP contribution in [0.2, 0.25) is 0 Å². The summed E-state index contributed by atoms with van der Waals surface area (Å²) < 4.78 is 0. The molecule has 0 spiro atoms. The molecular formula is C17H26N2O2. The molecule has 0 radical (unpaired) electrons. The molecule has 0 aliphatic carbocycles. The van der Waals surface area contributed by atoms with Crippen molar-refractivity contribution in [2.24, 2.45) is 5.41 Å². The molecule has 0 saturated heterocycles. The van der Waals surface area contributed by atoms with E-state index in [0.29, 0.717) is 19.4 Å². The summed E-state index contributed by atoms with van der Waals surface area (Å²) in [5, 5.41) is 5.73. The number of anilines is 1. The molecular weight excluding hydrogens is 264 g/mol. The summed E-state index contributed by atoms with van der Waals surface area (Å²) in [5.74, 6) is -0.0118. The van der Waals surface area contributed by atoms with Crippen molar-refractivity contribution in [2.75, 3.05) is 11.9 Å². The van der Waals surface area contributed by atoms with E-state index in [1.807, 2.05) is 46.8 Å². The van der Waals surface area contributed by atoms with Crippen molar-refractivity contribution < 1.29 is 9.59 Å². The summed E-state index contributed by atoms with van der Waals surface area (Å²) in [6, 6.07) is 5.97. The lowest BCUT2D eigenvalue weighted by Gasteiger charge is -2.17. The van der Waals surface area contributed by atoms with Crippen LogP contribution < -0.4 is 10.6 Å². The Bertz CT molecular complexity index is 496. The Labute approximate surface area is 127 Å². The number of benzene rings is 1. The maximum atomic E-state index is 11.9. The smallest absolute Gasteiger partial charge is 0.225 e. The first-order chi connectivity index (χ1) is 9.68. The molecule has 4 heteroatoms. The van der Waals surface area contributed by atoms with E-state index >= 15 is 0 Å². The fourth-order valence-electron chi connectivity index (χ4n) is 1.99. The maximum Gasteiger partial charge on any atom is 0.225 e. The molecule has 21 heavy (non-hydrogen) atoms. The van der Waals surface area contributed by atoms with Gasteiger partial charge >= 0.3 is 0 Å². The number of hydrogen-bond acceptors (Lipinski definition) is 2. The quantitative estimate of drug-likeness (QED) is 0.818. The molecule has 0 aromatic heterocycles. The number of hydrogen-bond donors (Lipinski definition) is 2. The van der Waals surface area contributed by atoms with E-state index in [2.05, 4.69) is 16.7 Å². The third-order valence-corrected chi connectivity index (χ3v) is 3.05. The zero-order chi connectivity index (χ0) is 16.0. The molecule has 1 aromatic rings. The van der Waals surface area contributed by atoms with Crippen LogP contribution in [0.15, 0.2) is 18.2 Å². The van der Waals surface area contributed by atoms with Gasteiger partial charge in [0.25, 0.3) is 0 Å². The highest BCUT2D eigenvalue weighted by molar-refractivity contribution is 5.90. The average molecular weight is 290 g/mol. The van der Waals surface area contributed by atoms with Gasteiger partial charge in [0.05, 0.1) is 0 Å². The highest BCUT2D eigenvalue weighted by Crippen LogP contribution is 2.14. The van der Waals surface area contributed by atoms with E-state index in [4.69, 9.17) is 0 Å². The Balaban J connectivity index is 2.33. The minimum absolute atomic E-state index is 0.0113. The molecule has 1 aromatic carbocycles. The molecule has 0 aliphatic rings. The van der Waals surface area contributed by atoms with Gasteiger partial charge in [0.1, 0.15) is 0 Å². The Morgan fingerprint density at radius 3 is 2.14 bits per heavy atom. The third-order valence-electron chi connectivity index (χ3n) is 3.05. The highest BCUT2D eigenvalue weighted by atomic mass is 16.2. The number of rotatable bonds is 5. The largest absolute Gasteiger partial charge is 0.356 e. The Hall–Kier alpha value is -1.84. The zero-order valence-corrected chi connectivity index (χ0v) is 13.7. The van der Waals surface area contributed by atoms with Gasteiger partial charge in [-0.25, -0.2) is 0 Å². The van der Waals surface area contributed by atoms with E-state index in [1.54, 1.807) is 0 Å². The van der Waals surface area contributed by atoms with Crippen LogP contribution in [0.4, 0.5) is 5.69 Å². The number of amides is 2. The van der Waals surface area contributed by atoms with Crippen LogP contribution in [0.5, 0.6) is 0 Å². The first-order valence-electron chi connectivity index (χ1n) is 7.35. The number of aryl methyl sites for hydroxylation is 2. The van der Waals surface area contributed by atoms with Gasteiger partial charge in [-0.1, -0.05) is 26.8 Å². The zero-order valence-electron chi connectivity index (χ0n) is 13.7. The minimum Gasteiger partial charge on any atom is -0.356 e. The molecule has 0 aliphatic heterocycles. The number of carbonyl (C=O) groups excluding carboxylic acids is 2. The van der Waals surface area contributed by atoms with Crippen LogP contribution in [0, 0.1) is 19.3 Å². The van der Waals surface area contributed by atoms with Crippen molar-refractivity contribution in [3.05, 3.63) is 29.3 Å². The van der Waals surface area contributed by atoms with Crippen molar-refractivity contribution in [3.63, 3.8) is 0 Å².